The molecular weight excluding hydrogens is 780 g/mol. The molecule has 3 aliphatic carbocycles. The van der Waals surface area contributed by atoms with Crippen molar-refractivity contribution in [3.63, 3.8) is 0 Å². The number of anilines is 1. The fourth-order valence-electron chi connectivity index (χ4n) is 8.86. The average molecular weight is 838 g/mol. The van der Waals surface area contributed by atoms with Crippen LogP contribution in [0.5, 0.6) is 5.75 Å². The number of ether oxygens (including phenoxy) is 2. The van der Waals surface area contributed by atoms with Crippen molar-refractivity contribution < 1.29 is 36.7 Å². The molecule has 3 N–H and O–H groups in total. The second-order valence-corrected chi connectivity index (χ2v) is 29.4. The van der Waals surface area contributed by atoms with Crippen LogP contribution in [0, 0.1) is 0 Å². The Balaban J connectivity index is 1.83. The number of hydrogen-bond donors (Lipinski definition) is 2. The molecule has 0 saturated heterocycles. The molecule has 52 heavy (non-hydrogen) atoms. The van der Waals surface area contributed by atoms with Gasteiger partial charge in [0.05, 0.1) is 0 Å². The first-order chi connectivity index (χ1) is 24.9. The Bertz CT molecular complexity index is 1850. The molecule has 0 amide bonds. The van der Waals surface area contributed by atoms with Crippen molar-refractivity contribution in [1.82, 2.24) is 0 Å². The van der Waals surface area contributed by atoms with E-state index in [9.17, 15) is 4.55 Å². The molecule has 6 rings (SSSR count). The monoisotopic (exact) mass is 837 g/mol. The van der Waals surface area contributed by atoms with E-state index in [2.05, 4.69) is 32.1 Å². The molecule has 286 valence electrons. The molecule has 3 atom stereocenters. The molecule has 6 nitrogen and oxygen atoms in total. The van der Waals surface area contributed by atoms with Crippen molar-refractivity contribution in [2.24, 2.45) is 0 Å². The van der Waals surface area contributed by atoms with Crippen LogP contribution in [-0.4, -0.2) is 41.8 Å². The van der Waals surface area contributed by atoms with Crippen LogP contribution in [0.1, 0.15) is 97.5 Å². The number of rotatable bonds is 12. The van der Waals surface area contributed by atoms with E-state index in [1.807, 2.05) is 98.1 Å². The Labute approximate surface area is 316 Å². The first-order valence-corrected chi connectivity index (χ1v) is 26.7. The van der Waals surface area contributed by atoms with E-state index in [-0.39, 0.29) is 12.2 Å². The Morgan fingerprint density at radius 3 is 1.87 bits per heavy atom. The SMILES string of the molecule is CC(C)Oc1ccccc1[C]1([Pd]([CH3])([c]2ccccc2-c2ccccc2N)[S](=O)(=O)O)C=CC=CC1(OC(C)C)P(C1CCCCC1)C1CCCCC1. The zero-order valence-corrected chi connectivity index (χ0v) is 34.7. The van der Waals surface area contributed by atoms with Crippen LogP contribution in [0.3, 0.4) is 0 Å². The van der Waals surface area contributed by atoms with Crippen LogP contribution in [0.15, 0.2) is 97.1 Å². The van der Waals surface area contributed by atoms with Gasteiger partial charge < -0.3 is 0 Å². The summed E-state index contributed by atoms with van der Waals surface area (Å²) in [5.74, 6) is 0.624. The molecule has 2 saturated carbocycles. The summed E-state index contributed by atoms with van der Waals surface area (Å²) < 4.78 is 56.2. The predicted molar refractivity (Wildman–Crippen MR) is 215 cm³/mol. The summed E-state index contributed by atoms with van der Waals surface area (Å²) in [7, 11) is -5.84. The number of para-hydroxylation sites is 2. The minimum atomic E-state index is -4.82. The van der Waals surface area contributed by atoms with Gasteiger partial charge >= 0.3 is 318 Å². The third kappa shape index (κ3) is 7.02. The van der Waals surface area contributed by atoms with E-state index in [1.165, 1.54) is 12.8 Å². The van der Waals surface area contributed by atoms with Crippen molar-refractivity contribution in [2.45, 2.75) is 130 Å². The van der Waals surface area contributed by atoms with Crippen molar-refractivity contribution in [3.8, 4) is 16.9 Å². The van der Waals surface area contributed by atoms with Gasteiger partial charge in [0.2, 0.25) is 0 Å². The third-order valence-electron chi connectivity index (χ3n) is 10.8. The van der Waals surface area contributed by atoms with Crippen molar-refractivity contribution in [1.29, 1.82) is 0 Å². The molecule has 0 bridgehead atoms. The summed E-state index contributed by atoms with van der Waals surface area (Å²) in [4.78, 5) is 0. The molecule has 0 aliphatic heterocycles. The molecule has 2 fully saturated rings. The maximum absolute atomic E-state index is 15.1. The van der Waals surface area contributed by atoms with Gasteiger partial charge in [-0.2, -0.15) is 0 Å². The van der Waals surface area contributed by atoms with Crippen molar-refractivity contribution >= 4 is 25.6 Å². The molecule has 0 heterocycles. The van der Waals surface area contributed by atoms with Gasteiger partial charge in [-0.15, -0.1) is 0 Å². The normalized spacial score (nSPS) is 25.0. The topological polar surface area (TPSA) is 98.9 Å². The Morgan fingerprint density at radius 2 is 1.29 bits per heavy atom. The Hall–Kier alpha value is -2.30. The molecule has 3 aliphatic rings. The number of nitrogen functional groups attached to an aromatic ring is 1. The number of hydrogen-bond acceptors (Lipinski definition) is 5. The molecule has 3 aromatic carbocycles. The summed E-state index contributed by atoms with van der Waals surface area (Å²) >= 11 is -4.59. The van der Waals surface area contributed by atoms with Crippen LogP contribution < -0.4 is 14.5 Å². The van der Waals surface area contributed by atoms with Gasteiger partial charge in [-0.25, -0.2) is 0 Å². The van der Waals surface area contributed by atoms with Gasteiger partial charge in [0, 0.05) is 0 Å². The summed E-state index contributed by atoms with van der Waals surface area (Å²) in [6.45, 7) is 8.17. The second kappa shape index (κ2) is 16.2. The summed E-state index contributed by atoms with van der Waals surface area (Å²) in [6, 6.07) is 23.3. The van der Waals surface area contributed by atoms with Gasteiger partial charge in [0.1, 0.15) is 0 Å². The molecular formula is C43H58NO5PPdS. The van der Waals surface area contributed by atoms with Gasteiger partial charge in [-0.3, -0.25) is 0 Å². The zero-order chi connectivity index (χ0) is 37.1. The summed E-state index contributed by atoms with van der Waals surface area (Å²) in [5.41, 5.74) is 10.2. The van der Waals surface area contributed by atoms with Gasteiger partial charge in [0.25, 0.3) is 0 Å². The molecule has 0 spiro atoms. The van der Waals surface area contributed by atoms with E-state index in [0.29, 0.717) is 26.8 Å². The Morgan fingerprint density at radius 1 is 0.750 bits per heavy atom. The molecule has 3 unspecified atom stereocenters. The zero-order valence-electron chi connectivity index (χ0n) is 31.4. The van der Waals surface area contributed by atoms with E-state index in [1.54, 1.807) is 0 Å². The van der Waals surface area contributed by atoms with E-state index < -0.39 is 39.4 Å². The maximum atomic E-state index is 15.1. The minimum absolute atomic E-state index is 0.170. The van der Waals surface area contributed by atoms with Crippen LogP contribution >= 0.6 is 7.92 Å². The number of allylic oxidation sites excluding steroid dienone is 2. The van der Waals surface area contributed by atoms with Crippen LogP contribution in [-0.2, 0) is 30.8 Å². The van der Waals surface area contributed by atoms with Crippen molar-refractivity contribution in [3.05, 3.63) is 103 Å². The number of benzene rings is 3. The summed E-state index contributed by atoms with van der Waals surface area (Å²) in [5, 5.41) is 0.795. The number of nitrogens with two attached hydrogens (primary N) is 1. The van der Waals surface area contributed by atoms with E-state index in [0.717, 1.165) is 68.1 Å². The fourth-order valence-corrected chi connectivity index (χ4v) is 26.3. The average Bonchev–Trinajstić information content (AvgIpc) is 3.12. The first kappa shape index (κ1) is 39.4. The van der Waals surface area contributed by atoms with Gasteiger partial charge in [-0.05, 0) is 0 Å². The van der Waals surface area contributed by atoms with Crippen LogP contribution in [0.25, 0.3) is 11.1 Å². The molecule has 0 aromatic heterocycles. The Kier molecular flexibility index (Phi) is 12.3. The predicted octanol–water partition coefficient (Wildman–Crippen LogP) is 10.6. The van der Waals surface area contributed by atoms with Crippen molar-refractivity contribution in [2.75, 3.05) is 5.73 Å². The van der Waals surface area contributed by atoms with Crippen LogP contribution in [0.4, 0.5) is 5.69 Å². The first-order valence-electron chi connectivity index (χ1n) is 18.9. The van der Waals surface area contributed by atoms with Gasteiger partial charge in [0.15, 0.2) is 0 Å². The fraction of sp³-hybridized carbons (Fsp3) is 0.488. The molecule has 9 heteroatoms. The summed E-state index contributed by atoms with van der Waals surface area (Å²) in [6.07, 6.45) is 19.6. The molecule has 0 radical (unpaired) electrons. The van der Waals surface area contributed by atoms with E-state index in [4.69, 9.17) is 15.2 Å². The molecule has 3 aromatic rings. The quantitative estimate of drug-likeness (QED) is 0.0816. The van der Waals surface area contributed by atoms with Gasteiger partial charge in [-0.1, -0.05) is 0 Å². The third-order valence-corrected chi connectivity index (χ3v) is 28.5. The van der Waals surface area contributed by atoms with E-state index >= 15 is 8.42 Å². The standard InChI is InChI=1S/C30H44O2P.C12H10N.CH3.HO3S.Pd/c1-23(2)31-29-21-12-11-19-27(29)28-20-13-14-22-30(28,32-24(3)4)33(25-15-7-5-8-16-25)26-17-9-6-10-18-26;13-12-9-5-4-8-11(12)10-6-2-1-3-7-10;;1-4(2)3;/h11-14,19-26H,5-10,15-18H2,1-4H3;1-6,8-9H,13H2;1H3;(H,1,2,3);. The second-order valence-electron chi connectivity index (χ2n) is 15.0. The van der Waals surface area contributed by atoms with Crippen LogP contribution in [0.2, 0.25) is 5.40 Å².